The fourth-order valence-electron chi connectivity index (χ4n) is 1.39. The molecule has 1 atom stereocenters. The van der Waals surface area contributed by atoms with Crippen LogP contribution >= 0.6 is 11.8 Å². The fourth-order valence-corrected chi connectivity index (χ4v) is 2.11. The quantitative estimate of drug-likeness (QED) is 0.804. The normalized spacial score (nSPS) is 12.6. The van der Waals surface area contributed by atoms with Crippen LogP contribution in [0, 0.1) is 0 Å². The molecule has 0 fully saturated rings. The molecule has 0 spiro atoms. The monoisotopic (exact) mass is 264 g/mol. The zero-order valence-electron chi connectivity index (χ0n) is 10.5. The SMILES string of the molecule is CNC(C)Cc1noc(CSc2ccncc2)n1. The molecule has 5 nitrogen and oxygen atoms in total. The number of likely N-dealkylation sites (N-methyl/N-ethyl adjacent to an activating group) is 1. The molecule has 0 aliphatic rings. The van der Waals surface area contributed by atoms with Crippen molar-refractivity contribution in [2.45, 2.75) is 30.0 Å². The summed E-state index contributed by atoms with van der Waals surface area (Å²) in [7, 11) is 1.92. The van der Waals surface area contributed by atoms with Crippen LogP contribution in [0.3, 0.4) is 0 Å². The molecule has 2 rings (SSSR count). The first-order chi connectivity index (χ1) is 8.78. The Morgan fingerprint density at radius 2 is 2.17 bits per heavy atom. The van der Waals surface area contributed by atoms with Crippen LogP contribution in [0.1, 0.15) is 18.6 Å². The van der Waals surface area contributed by atoms with E-state index in [-0.39, 0.29) is 0 Å². The second-order valence-corrected chi connectivity index (χ2v) is 5.02. The first-order valence-corrected chi connectivity index (χ1v) is 6.78. The summed E-state index contributed by atoms with van der Waals surface area (Å²) in [5.41, 5.74) is 0. The fraction of sp³-hybridized carbons (Fsp3) is 0.417. The molecule has 0 saturated carbocycles. The summed E-state index contributed by atoms with van der Waals surface area (Å²) < 4.78 is 5.21. The number of nitrogens with zero attached hydrogens (tertiary/aromatic N) is 3. The lowest BCUT2D eigenvalue weighted by Gasteiger charge is -2.04. The highest BCUT2D eigenvalue weighted by atomic mass is 32.2. The van der Waals surface area contributed by atoms with Crippen LogP contribution in [-0.4, -0.2) is 28.2 Å². The van der Waals surface area contributed by atoms with Gasteiger partial charge in [0.05, 0.1) is 5.75 Å². The topological polar surface area (TPSA) is 63.8 Å². The van der Waals surface area contributed by atoms with Crippen LogP contribution in [0.4, 0.5) is 0 Å². The van der Waals surface area contributed by atoms with Gasteiger partial charge in [0.2, 0.25) is 5.89 Å². The van der Waals surface area contributed by atoms with Crippen LogP contribution in [0.2, 0.25) is 0 Å². The second-order valence-electron chi connectivity index (χ2n) is 3.97. The molecular weight excluding hydrogens is 248 g/mol. The van der Waals surface area contributed by atoms with Crippen LogP contribution in [0.25, 0.3) is 0 Å². The van der Waals surface area contributed by atoms with E-state index >= 15 is 0 Å². The molecule has 96 valence electrons. The Hall–Kier alpha value is -1.40. The predicted octanol–water partition coefficient (Wildman–Crippen LogP) is 1.91. The molecule has 1 unspecified atom stereocenters. The zero-order valence-corrected chi connectivity index (χ0v) is 11.3. The number of hydrogen-bond acceptors (Lipinski definition) is 6. The third-order valence-electron chi connectivity index (χ3n) is 2.50. The molecule has 6 heteroatoms. The summed E-state index contributed by atoms with van der Waals surface area (Å²) in [4.78, 5) is 9.48. The van der Waals surface area contributed by atoms with Gasteiger partial charge in [-0.15, -0.1) is 11.8 Å². The van der Waals surface area contributed by atoms with Gasteiger partial charge in [0.1, 0.15) is 0 Å². The summed E-state index contributed by atoms with van der Waals surface area (Å²) in [6.07, 6.45) is 4.33. The molecule has 0 aliphatic carbocycles. The van der Waals surface area contributed by atoms with Gasteiger partial charge < -0.3 is 9.84 Å². The molecule has 1 N–H and O–H groups in total. The van der Waals surface area contributed by atoms with Gasteiger partial charge in [-0.25, -0.2) is 0 Å². The molecule has 2 aromatic rings. The van der Waals surface area contributed by atoms with Gasteiger partial charge in [0.15, 0.2) is 5.82 Å². The van der Waals surface area contributed by atoms with Crippen molar-refractivity contribution in [3.05, 3.63) is 36.2 Å². The first kappa shape index (κ1) is 13.0. The smallest absolute Gasteiger partial charge is 0.237 e. The molecule has 2 aromatic heterocycles. The van der Waals surface area contributed by atoms with Gasteiger partial charge in [-0.05, 0) is 26.1 Å². The predicted molar refractivity (Wildman–Crippen MR) is 70.3 cm³/mol. The Morgan fingerprint density at radius 3 is 2.89 bits per heavy atom. The van der Waals surface area contributed by atoms with Crippen molar-refractivity contribution in [3.8, 4) is 0 Å². The van der Waals surface area contributed by atoms with Crippen molar-refractivity contribution >= 4 is 11.8 Å². The number of hydrogen-bond donors (Lipinski definition) is 1. The standard InChI is InChI=1S/C12H16N4OS/c1-9(13-2)7-11-15-12(17-16-11)8-18-10-3-5-14-6-4-10/h3-6,9,13H,7-8H2,1-2H3. The molecular formula is C12H16N4OS. The third kappa shape index (κ3) is 3.82. The molecule has 0 saturated heterocycles. The van der Waals surface area contributed by atoms with Gasteiger partial charge >= 0.3 is 0 Å². The van der Waals surface area contributed by atoms with E-state index in [0.29, 0.717) is 17.7 Å². The average Bonchev–Trinajstić information content (AvgIpc) is 2.85. The number of rotatable bonds is 6. The Balaban J connectivity index is 1.87. The first-order valence-electron chi connectivity index (χ1n) is 5.79. The van der Waals surface area contributed by atoms with E-state index < -0.39 is 0 Å². The number of aromatic nitrogens is 3. The molecule has 0 amide bonds. The third-order valence-corrected chi connectivity index (χ3v) is 3.50. The van der Waals surface area contributed by atoms with Gasteiger partial charge in [-0.1, -0.05) is 5.16 Å². The van der Waals surface area contributed by atoms with Crippen molar-refractivity contribution < 1.29 is 4.52 Å². The second kappa shape index (κ2) is 6.51. The highest BCUT2D eigenvalue weighted by Gasteiger charge is 2.09. The van der Waals surface area contributed by atoms with Crippen LogP contribution < -0.4 is 5.32 Å². The van der Waals surface area contributed by atoms with E-state index in [9.17, 15) is 0 Å². The largest absolute Gasteiger partial charge is 0.338 e. The molecule has 0 aliphatic heterocycles. The van der Waals surface area contributed by atoms with Crippen molar-refractivity contribution in [2.75, 3.05) is 7.05 Å². The number of nitrogens with one attached hydrogen (secondary N) is 1. The summed E-state index contributed by atoms with van der Waals surface area (Å²) in [5.74, 6) is 2.10. The van der Waals surface area contributed by atoms with Crippen LogP contribution in [-0.2, 0) is 12.2 Å². The van der Waals surface area contributed by atoms with Crippen molar-refractivity contribution in [1.82, 2.24) is 20.4 Å². The Bertz CT molecular complexity index is 474. The molecule has 0 radical (unpaired) electrons. The van der Waals surface area contributed by atoms with Gasteiger partial charge in [-0.3, -0.25) is 4.98 Å². The summed E-state index contributed by atoms with van der Waals surface area (Å²) in [6, 6.07) is 4.28. The lowest BCUT2D eigenvalue weighted by atomic mass is 10.2. The lowest BCUT2D eigenvalue weighted by molar-refractivity contribution is 0.382. The minimum atomic E-state index is 0.350. The minimum absolute atomic E-state index is 0.350. The highest BCUT2D eigenvalue weighted by Crippen LogP contribution is 2.20. The lowest BCUT2D eigenvalue weighted by Crippen LogP contribution is -2.24. The Morgan fingerprint density at radius 1 is 1.39 bits per heavy atom. The summed E-state index contributed by atoms with van der Waals surface area (Å²) in [6.45, 7) is 2.09. The zero-order chi connectivity index (χ0) is 12.8. The Labute approximate surface area is 110 Å². The van der Waals surface area contributed by atoms with E-state index in [1.54, 1.807) is 24.2 Å². The maximum Gasteiger partial charge on any atom is 0.237 e. The summed E-state index contributed by atoms with van der Waals surface area (Å²) in [5, 5.41) is 7.11. The van der Waals surface area contributed by atoms with E-state index in [1.807, 2.05) is 19.2 Å². The molecule has 2 heterocycles. The Kier molecular flexibility index (Phi) is 4.72. The highest BCUT2D eigenvalue weighted by molar-refractivity contribution is 7.98. The van der Waals surface area contributed by atoms with E-state index in [2.05, 4.69) is 27.4 Å². The van der Waals surface area contributed by atoms with Gasteiger partial charge in [-0.2, -0.15) is 4.98 Å². The number of pyridine rings is 1. The van der Waals surface area contributed by atoms with Crippen LogP contribution in [0.15, 0.2) is 33.9 Å². The summed E-state index contributed by atoms with van der Waals surface area (Å²) >= 11 is 1.66. The van der Waals surface area contributed by atoms with E-state index in [0.717, 1.165) is 17.1 Å². The molecule has 0 bridgehead atoms. The maximum atomic E-state index is 5.21. The van der Waals surface area contributed by atoms with Crippen molar-refractivity contribution in [2.24, 2.45) is 0 Å². The average molecular weight is 264 g/mol. The van der Waals surface area contributed by atoms with Gasteiger partial charge in [0.25, 0.3) is 0 Å². The maximum absolute atomic E-state index is 5.21. The van der Waals surface area contributed by atoms with Crippen LogP contribution in [0.5, 0.6) is 0 Å². The molecule has 0 aromatic carbocycles. The van der Waals surface area contributed by atoms with E-state index in [1.165, 1.54) is 0 Å². The minimum Gasteiger partial charge on any atom is -0.338 e. The number of thioether (sulfide) groups is 1. The van der Waals surface area contributed by atoms with Gasteiger partial charge in [0, 0.05) is 29.8 Å². The molecule has 18 heavy (non-hydrogen) atoms. The van der Waals surface area contributed by atoms with Crippen molar-refractivity contribution in [3.63, 3.8) is 0 Å². The van der Waals surface area contributed by atoms with Crippen molar-refractivity contribution in [1.29, 1.82) is 0 Å². The van der Waals surface area contributed by atoms with E-state index in [4.69, 9.17) is 4.52 Å².